The fourth-order valence-corrected chi connectivity index (χ4v) is 3.29. The van der Waals surface area contributed by atoms with Gasteiger partial charge in [0.1, 0.15) is 6.04 Å². The van der Waals surface area contributed by atoms with Gasteiger partial charge in [0.25, 0.3) is 11.8 Å². The summed E-state index contributed by atoms with van der Waals surface area (Å²) in [6, 6.07) is 8.96. The normalized spacial score (nSPS) is 12.1. The fourth-order valence-electron chi connectivity index (χ4n) is 2.53. The van der Waals surface area contributed by atoms with Crippen LogP contribution < -0.4 is 15.5 Å². The number of phenolic OH excluding ortho intramolecular Hbond substituents is 1. The van der Waals surface area contributed by atoms with Crippen molar-refractivity contribution in [3.8, 4) is 11.5 Å². The Hall–Kier alpha value is -2.33. The molecule has 0 aliphatic heterocycles. The van der Waals surface area contributed by atoms with Crippen LogP contribution in [-0.2, 0) is 4.79 Å². The molecule has 2 aromatic carbocycles. The first-order chi connectivity index (χ1) is 14.2. The van der Waals surface area contributed by atoms with Gasteiger partial charge < -0.3 is 15.2 Å². The van der Waals surface area contributed by atoms with Crippen molar-refractivity contribution in [3.05, 3.63) is 56.1 Å². The minimum absolute atomic E-state index is 0.0587. The van der Waals surface area contributed by atoms with E-state index in [0.717, 1.165) is 0 Å². The molecule has 0 saturated carbocycles. The highest BCUT2D eigenvalue weighted by Gasteiger charge is 2.24. The molecule has 1 atom stereocenters. The molecule has 160 valence electrons. The highest BCUT2D eigenvalue weighted by Crippen LogP contribution is 2.32. The smallest absolute Gasteiger partial charge is 0.262 e. The van der Waals surface area contributed by atoms with E-state index in [2.05, 4.69) is 15.8 Å². The number of hydrogen-bond donors (Lipinski definition) is 3. The standard InChI is InChI=1S/C21H23ClIN3O4/c1-4-30-17-10-13(9-16(23)19(17)27)11-24-26-21(29)18(12(2)3)25-20(28)14-5-7-15(22)8-6-14/h5-12,18,27H,4H2,1-3H3,(H,25,28)(H,26,29)/b24-11+. The maximum absolute atomic E-state index is 12.6. The number of ether oxygens (including phenoxy) is 1. The Morgan fingerprint density at radius 1 is 1.27 bits per heavy atom. The molecule has 2 amide bonds. The Labute approximate surface area is 194 Å². The van der Waals surface area contributed by atoms with Crippen molar-refractivity contribution >= 4 is 52.2 Å². The van der Waals surface area contributed by atoms with Crippen LogP contribution in [0.2, 0.25) is 5.02 Å². The second kappa shape index (κ2) is 11.2. The molecule has 30 heavy (non-hydrogen) atoms. The lowest BCUT2D eigenvalue weighted by Crippen LogP contribution is -2.48. The van der Waals surface area contributed by atoms with E-state index in [9.17, 15) is 14.7 Å². The lowest BCUT2D eigenvalue weighted by atomic mass is 10.0. The molecule has 3 N–H and O–H groups in total. The van der Waals surface area contributed by atoms with Gasteiger partial charge in [0.2, 0.25) is 0 Å². The van der Waals surface area contributed by atoms with Crippen LogP contribution in [0.1, 0.15) is 36.7 Å². The number of benzene rings is 2. The van der Waals surface area contributed by atoms with Gasteiger partial charge in [-0.05, 0) is 77.4 Å². The van der Waals surface area contributed by atoms with Crippen LogP contribution >= 0.6 is 34.2 Å². The molecule has 0 spiro atoms. The third-order valence-electron chi connectivity index (χ3n) is 4.08. The lowest BCUT2D eigenvalue weighted by Gasteiger charge is -2.20. The molecule has 0 aliphatic carbocycles. The summed E-state index contributed by atoms with van der Waals surface area (Å²) in [7, 11) is 0. The molecular weight excluding hydrogens is 521 g/mol. The van der Waals surface area contributed by atoms with Crippen molar-refractivity contribution < 1.29 is 19.4 Å². The maximum atomic E-state index is 12.6. The lowest BCUT2D eigenvalue weighted by molar-refractivity contribution is -0.123. The molecular formula is C21H23ClIN3O4. The van der Waals surface area contributed by atoms with E-state index < -0.39 is 11.9 Å². The minimum Gasteiger partial charge on any atom is -0.504 e. The number of carbonyl (C=O) groups is 2. The maximum Gasteiger partial charge on any atom is 0.262 e. The first kappa shape index (κ1) is 23.9. The molecule has 2 aromatic rings. The molecule has 0 aliphatic rings. The predicted octanol–water partition coefficient (Wildman–Crippen LogP) is 3.95. The Morgan fingerprint density at radius 3 is 2.53 bits per heavy atom. The summed E-state index contributed by atoms with van der Waals surface area (Å²) >= 11 is 7.83. The zero-order valence-corrected chi connectivity index (χ0v) is 19.7. The summed E-state index contributed by atoms with van der Waals surface area (Å²) < 4.78 is 5.99. The first-order valence-electron chi connectivity index (χ1n) is 9.27. The number of hydrazone groups is 1. The summed E-state index contributed by atoms with van der Waals surface area (Å²) in [5, 5.41) is 17.2. The summed E-state index contributed by atoms with van der Waals surface area (Å²) in [6.45, 7) is 5.88. The second-order valence-electron chi connectivity index (χ2n) is 6.72. The highest BCUT2D eigenvalue weighted by molar-refractivity contribution is 14.1. The zero-order valence-electron chi connectivity index (χ0n) is 16.8. The number of amides is 2. The van der Waals surface area contributed by atoms with Crippen LogP contribution in [0.4, 0.5) is 0 Å². The number of carbonyl (C=O) groups excluding carboxylic acids is 2. The van der Waals surface area contributed by atoms with Gasteiger partial charge in [0, 0.05) is 10.6 Å². The molecule has 0 aromatic heterocycles. The van der Waals surface area contributed by atoms with Crippen molar-refractivity contribution in [3.63, 3.8) is 0 Å². The SMILES string of the molecule is CCOc1cc(/C=N/NC(=O)C(NC(=O)c2ccc(Cl)cc2)C(C)C)cc(I)c1O. The second-order valence-corrected chi connectivity index (χ2v) is 8.32. The summed E-state index contributed by atoms with van der Waals surface area (Å²) in [6.07, 6.45) is 1.44. The molecule has 0 fully saturated rings. The first-order valence-corrected chi connectivity index (χ1v) is 10.7. The number of rotatable bonds is 8. The topological polar surface area (TPSA) is 100 Å². The molecule has 0 saturated heterocycles. The highest BCUT2D eigenvalue weighted by atomic mass is 127. The van der Waals surface area contributed by atoms with Gasteiger partial charge in [-0.15, -0.1) is 0 Å². The van der Waals surface area contributed by atoms with Crippen molar-refractivity contribution in [1.29, 1.82) is 0 Å². The number of halogens is 2. The Morgan fingerprint density at radius 2 is 1.93 bits per heavy atom. The van der Waals surface area contributed by atoms with E-state index in [-0.39, 0.29) is 17.6 Å². The van der Waals surface area contributed by atoms with Crippen LogP contribution in [-0.4, -0.2) is 35.8 Å². The van der Waals surface area contributed by atoms with Gasteiger partial charge in [-0.25, -0.2) is 5.43 Å². The predicted molar refractivity (Wildman–Crippen MR) is 125 cm³/mol. The van der Waals surface area contributed by atoms with Crippen molar-refractivity contribution in [2.24, 2.45) is 11.0 Å². The average molecular weight is 544 g/mol. The van der Waals surface area contributed by atoms with Crippen LogP contribution in [0, 0.1) is 9.49 Å². The van der Waals surface area contributed by atoms with Crippen LogP contribution in [0.5, 0.6) is 11.5 Å². The van der Waals surface area contributed by atoms with E-state index in [1.807, 2.05) is 43.4 Å². The van der Waals surface area contributed by atoms with E-state index >= 15 is 0 Å². The zero-order chi connectivity index (χ0) is 22.3. The van der Waals surface area contributed by atoms with Crippen molar-refractivity contribution in [2.75, 3.05) is 6.61 Å². The van der Waals surface area contributed by atoms with Gasteiger partial charge in [0.15, 0.2) is 11.5 Å². The van der Waals surface area contributed by atoms with Gasteiger partial charge >= 0.3 is 0 Å². The van der Waals surface area contributed by atoms with Crippen LogP contribution in [0.15, 0.2) is 41.5 Å². The summed E-state index contributed by atoms with van der Waals surface area (Å²) in [5.41, 5.74) is 3.50. The number of nitrogens with one attached hydrogen (secondary N) is 2. The molecule has 0 bridgehead atoms. The molecule has 7 nitrogen and oxygen atoms in total. The van der Waals surface area contributed by atoms with Gasteiger partial charge in [0.05, 0.1) is 16.4 Å². The molecule has 2 rings (SSSR count). The van der Waals surface area contributed by atoms with Crippen LogP contribution in [0.3, 0.4) is 0 Å². The Kier molecular flexibility index (Phi) is 8.91. The van der Waals surface area contributed by atoms with Gasteiger partial charge in [-0.3, -0.25) is 9.59 Å². The molecule has 1 unspecified atom stereocenters. The van der Waals surface area contributed by atoms with E-state index in [4.69, 9.17) is 16.3 Å². The van der Waals surface area contributed by atoms with Crippen molar-refractivity contribution in [1.82, 2.24) is 10.7 Å². The Balaban J connectivity index is 2.06. The Bertz CT molecular complexity index is 933. The fraction of sp³-hybridized carbons (Fsp3) is 0.286. The number of nitrogens with zero attached hydrogens (tertiary/aromatic N) is 1. The van der Waals surface area contributed by atoms with Gasteiger partial charge in [-0.2, -0.15) is 5.10 Å². The van der Waals surface area contributed by atoms with Crippen molar-refractivity contribution in [2.45, 2.75) is 26.8 Å². The minimum atomic E-state index is -0.774. The average Bonchev–Trinajstić information content (AvgIpc) is 2.70. The van der Waals surface area contributed by atoms with E-state index in [1.165, 1.54) is 6.21 Å². The quantitative estimate of drug-likeness (QED) is 0.267. The van der Waals surface area contributed by atoms with E-state index in [0.29, 0.717) is 32.1 Å². The van der Waals surface area contributed by atoms with Gasteiger partial charge in [-0.1, -0.05) is 25.4 Å². The number of aromatic hydroxyl groups is 1. The number of hydrogen-bond acceptors (Lipinski definition) is 5. The number of phenols is 1. The third kappa shape index (κ3) is 6.60. The largest absolute Gasteiger partial charge is 0.504 e. The molecule has 9 heteroatoms. The molecule has 0 radical (unpaired) electrons. The van der Waals surface area contributed by atoms with E-state index in [1.54, 1.807) is 36.4 Å². The molecule has 0 heterocycles. The van der Waals surface area contributed by atoms with Crippen LogP contribution in [0.25, 0.3) is 0 Å². The summed E-state index contributed by atoms with van der Waals surface area (Å²) in [5.74, 6) is -0.576. The monoisotopic (exact) mass is 543 g/mol. The summed E-state index contributed by atoms with van der Waals surface area (Å²) in [4.78, 5) is 25.0. The third-order valence-corrected chi connectivity index (χ3v) is 5.16.